The topological polar surface area (TPSA) is 119 Å². The second-order valence-corrected chi connectivity index (χ2v) is 6.49. The van der Waals surface area contributed by atoms with Gasteiger partial charge in [-0.25, -0.2) is 4.99 Å². The lowest BCUT2D eigenvalue weighted by Crippen LogP contribution is -2.58. The molecule has 0 radical (unpaired) electrons. The molecule has 0 aromatic rings. The van der Waals surface area contributed by atoms with Crippen LogP contribution < -0.4 is 0 Å². The molecule has 164 valence electrons. The van der Waals surface area contributed by atoms with Gasteiger partial charge in [0.15, 0.2) is 12.4 Å². The quantitative estimate of drug-likeness (QED) is 0.153. The zero-order chi connectivity index (χ0) is 21.8. The third-order valence-electron chi connectivity index (χ3n) is 3.98. The summed E-state index contributed by atoms with van der Waals surface area (Å²) in [5, 5.41) is 2.23. The lowest BCUT2D eigenvalue weighted by Gasteiger charge is -2.43. The molecule has 10 nitrogen and oxygen atoms in total. The van der Waals surface area contributed by atoms with Gasteiger partial charge in [0.25, 0.3) is 0 Å². The normalized spacial score (nSPS) is 26.1. The third-order valence-corrected chi connectivity index (χ3v) is 4.11. The van der Waals surface area contributed by atoms with E-state index in [0.29, 0.717) is 13.2 Å². The number of esters is 3. The minimum absolute atomic E-state index is 0.0625. The molecule has 1 fully saturated rings. The summed E-state index contributed by atoms with van der Waals surface area (Å²) in [6.07, 6.45) is -3.49. The Kier molecular flexibility index (Phi) is 11.6. The summed E-state index contributed by atoms with van der Waals surface area (Å²) in [5.41, 5.74) is 0. The highest BCUT2D eigenvalue weighted by Crippen LogP contribution is 2.31. The molecule has 5 atom stereocenters. The molecule has 0 spiro atoms. The Labute approximate surface area is 174 Å². The maximum atomic E-state index is 11.6. The average molecular weight is 433 g/mol. The lowest BCUT2D eigenvalue weighted by atomic mass is 9.90. The van der Waals surface area contributed by atoms with Gasteiger partial charge < -0.3 is 28.4 Å². The van der Waals surface area contributed by atoms with Crippen molar-refractivity contribution >= 4 is 35.3 Å². The molecular formula is C18H27NO9S. The second kappa shape index (κ2) is 13.3. The van der Waals surface area contributed by atoms with Crippen molar-refractivity contribution < 1.29 is 42.8 Å². The molecule has 0 saturated carbocycles. The third kappa shape index (κ3) is 9.42. The minimum Gasteiger partial charge on any atom is -0.463 e. The molecule has 1 rings (SSSR count). The Morgan fingerprint density at radius 2 is 1.66 bits per heavy atom. The summed E-state index contributed by atoms with van der Waals surface area (Å²) < 4.78 is 32.6. The first-order valence-electron chi connectivity index (χ1n) is 9.12. The number of rotatable bonds is 11. The highest BCUT2D eigenvalue weighted by atomic mass is 32.1. The van der Waals surface area contributed by atoms with Crippen LogP contribution in [-0.2, 0) is 42.8 Å². The number of thiocarbonyl (C=S) groups is 1. The highest BCUT2D eigenvalue weighted by molar-refractivity contribution is 7.78. The van der Waals surface area contributed by atoms with E-state index < -0.39 is 48.4 Å². The molecule has 29 heavy (non-hydrogen) atoms. The van der Waals surface area contributed by atoms with E-state index >= 15 is 0 Å². The van der Waals surface area contributed by atoms with Gasteiger partial charge in [0.2, 0.25) is 0 Å². The van der Waals surface area contributed by atoms with Crippen LogP contribution in [0.4, 0.5) is 0 Å². The molecule has 0 bridgehead atoms. The number of hydrogen-bond donors (Lipinski definition) is 0. The molecular weight excluding hydrogens is 406 g/mol. The fourth-order valence-corrected chi connectivity index (χ4v) is 2.82. The van der Waals surface area contributed by atoms with Crippen molar-refractivity contribution in [1.29, 1.82) is 0 Å². The van der Waals surface area contributed by atoms with Gasteiger partial charge in [-0.3, -0.25) is 14.4 Å². The number of carbonyl (C=O) groups excluding carboxylic acids is 3. The molecule has 0 aromatic heterocycles. The fraction of sp³-hybridized carbons (Fsp3) is 0.778. The zero-order valence-corrected chi connectivity index (χ0v) is 17.8. The summed E-state index contributed by atoms with van der Waals surface area (Å²) in [5.74, 6) is -2.03. The predicted molar refractivity (Wildman–Crippen MR) is 102 cm³/mol. The van der Waals surface area contributed by atoms with Crippen molar-refractivity contribution in [2.45, 2.75) is 52.3 Å². The smallest absolute Gasteiger partial charge is 0.303 e. The van der Waals surface area contributed by atoms with Gasteiger partial charge in [0.05, 0.1) is 31.5 Å². The summed E-state index contributed by atoms with van der Waals surface area (Å²) in [6.45, 7) is 6.51. The Morgan fingerprint density at radius 1 is 1.00 bits per heavy atom. The van der Waals surface area contributed by atoms with Gasteiger partial charge in [-0.1, -0.05) is 6.92 Å². The predicted octanol–water partition coefficient (Wildman–Crippen LogP) is 0.910. The molecule has 0 aromatic carbocycles. The number of carbonyl (C=O) groups is 3. The first kappa shape index (κ1) is 25.1. The largest absolute Gasteiger partial charge is 0.463 e. The average Bonchev–Trinajstić information content (AvgIpc) is 2.63. The Morgan fingerprint density at radius 3 is 2.24 bits per heavy atom. The van der Waals surface area contributed by atoms with Crippen molar-refractivity contribution in [2.24, 2.45) is 10.9 Å². The molecule has 1 saturated heterocycles. The van der Waals surface area contributed by atoms with Gasteiger partial charge in [0.1, 0.15) is 18.8 Å². The Balaban J connectivity index is 2.83. The van der Waals surface area contributed by atoms with E-state index in [1.165, 1.54) is 20.8 Å². The maximum absolute atomic E-state index is 11.6. The van der Waals surface area contributed by atoms with E-state index in [9.17, 15) is 14.4 Å². The van der Waals surface area contributed by atoms with E-state index in [2.05, 4.69) is 22.4 Å². The Bertz CT molecular complexity index is 608. The van der Waals surface area contributed by atoms with Gasteiger partial charge in [-0.2, -0.15) is 0 Å². The molecule has 5 unspecified atom stereocenters. The van der Waals surface area contributed by atoms with Gasteiger partial charge in [-0.05, 0) is 12.2 Å². The van der Waals surface area contributed by atoms with Crippen LogP contribution in [0.25, 0.3) is 0 Å². The van der Waals surface area contributed by atoms with Crippen LogP contribution in [0.1, 0.15) is 27.7 Å². The number of ether oxygens (including phenoxy) is 6. The summed E-state index contributed by atoms with van der Waals surface area (Å²) in [6, 6.07) is 0. The van der Waals surface area contributed by atoms with Gasteiger partial charge in [-0.15, -0.1) is 0 Å². The summed E-state index contributed by atoms with van der Waals surface area (Å²) >= 11 is 4.46. The van der Waals surface area contributed by atoms with Crippen LogP contribution in [0.3, 0.4) is 0 Å². The molecule has 0 aliphatic carbocycles. The molecule has 11 heteroatoms. The second-order valence-electron chi connectivity index (χ2n) is 6.31. The number of nitrogens with zero attached hydrogens (tertiary/aromatic N) is 1. The van der Waals surface area contributed by atoms with E-state index in [-0.39, 0.29) is 19.8 Å². The van der Waals surface area contributed by atoms with Crippen molar-refractivity contribution in [2.75, 3.05) is 33.0 Å². The monoisotopic (exact) mass is 433 g/mol. The van der Waals surface area contributed by atoms with Crippen LogP contribution in [0.15, 0.2) is 4.99 Å². The van der Waals surface area contributed by atoms with Crippen LogP contribution in [-0.4, -0.2) is 80.6 Å². The van der Waals surface area contributed by atoms with E-state index in [1.807, 2.05) is 0 Å². The van der Waals surface area contributed by atoms with Crippen LogP contribution in [0, 0.1) is 5.92 Å². The lowest BCUT2D eigenvalue weighted by molar-refractivity contribution is -0.296. The number of aliphatic imine (C=N–C) groups is 1. The van der Waals surface area contributed by atoms with Gasteiger partial charge >= 0.3 is 17.9 Å². The van der Waals surface area contributed by atoms with Crippen molar-refractivity contribution in [3.63, 3.8) is 0 Å². The molecule has 1 heterocycles. The van der Waals surface area contributed by atoms with E-state index in [0.717, 1.165) is 0 Å². The van der Waals surface area contributed by atoms with Crippen LogP contribution in [0.5, 0.6) is 0 Å². The molecule has 1 aliphatic rings. The SMILES string of the molecule is CC(=O)OCC1OC(OCCOCCN=C=S)C(OC(C)=O)C(OC(C)=O)C1C. The zero-order valence-electron chi connectivity index (χ0n) is 17.0. The number of isothiocyanates is 1. The Hall–Kier alpha value is -1.91. The van der Waals surface area contributed by atoms with Crippen molar-refractivity contribution in [1.82, 2.24) is 0 Å². The summed E-state index contributed by atoms with van der Waals surface area (Å²) in [7, 11) is 0. The first-order chi connectivity index (χ1) is 13.8. The minimum atomic E-state index is -1.04. The molecule has 0 amide bonds. The molecule has 1 aliphatic heterocycles. The van der Waals surface area contributed by atoms with E-state index in [4.69, 9.17) is 28.4 Å². The van der Waals surface area contributed by atoms with Crippen molar-refractivity contribution in [3.05, 3.63) is 0 Å². The fourth-order valence-electron chi connectivity index (χ4n) is 2.73. The van der Waals surface area contributed by atoms with Gasteiger partial charge in [0, 0.05) is 26.7 Å². The van der Waals surface area contributed by atoms with Crippen molar-refractivity contribution in [3.8, 4) is 0 Å². The standard InChI is InChI=1S/C18H27NO9S/c1-11-15(9-25-12(2)20)28-18(24-8-7-23-6-5-19-10-29)17(27-14(4)22)16(11)26-13(3)21/h11,15-18H,5-9H2,1-4H3. The highest BCUT2D eigenvalue weighted by Gasteiger charge is 2.48. The number of hydrogen-bond acceptors (Lipinski definition) is 11. The van der Waals surface area contributed by atoms with Crippen LogP contribution >= 0.6 is 12.2 Å². The summed E-state index contributed by atoms with van der Waals surface area (Å²) in [4.78, 5) is 38.0. The van der Waals surface area contributed by atoms with E-state index in [1.54, 1.807) is 6.92 Å². The maximum Gasteiger partial charge on any atom is 0.303 e. The molecule has 0 N–H and O–H groups in total. The van der Waals surface area contributed by atoms with Crippen LogP contribution in [0.2, 0.25) is 0 Å². The first-order valence-corrected chi connectivity index (χ1v) is 9.53.